The van der Waals surface area contributed by atoms with Gasteiger partial charge in [0.2, 0.25) is 0 Å². The van der Waals surface area contributed by atoms with Gasteiger partial charge < -0.3 is 4.74 Å². The van der Waals surface area contributed by atoms with Crippen molar-refractivity contribution in [3.63, 3.8) is 0 Å². The largest absolute Gasteiger partial charge is 0.497 e. The van der Waals surface area contributed by atoms with Crippen molar-refractivity contribution in [2.75, 3.05) is 7.11 Å². The zero-order valence-electron chi connectivity index (χ0n) is 11.5. The van der Waals surface area contributed by atoms with Crippen LogP contribution in [0.15, 0.2) is 66.1 Å². The van der Waals surface area contributed by atoms with E-state index in [0.29, 0.717) is 16.3 Å². The maximum absolute atomic E-state index is 12.7. The SMILES string of the molecule is C=C[C@@H](c1ccc(OC)cc1)S(=O)(=O)c1ccc(Cl)cc1. The molecule has 0 heterocycles. The summed E-state index contributed by atoms with van der Waals surface area (Å²) in [6, 6.07) is 13.0. The van der Waals surface area contributed by atoms with Gasteiger partial charge in [0, 0.05) is 5.02 Å². The number of ether oxygens (including phenoxy) is 1. The molecule has 0 spiro atoms. The molecule has 0 bridgehead atoms. The van der Waals surface area contributed by atoms with Crippen LogP contribution in [0.5, 0.6) is 5.75 Å². The minimum absolute atomic E-state index is 0.215. The van der Waals surface area contributed by atoms with E-state index in [2.05, 4.69) is 6.58 Å². The molecule has 110 valence electrons. The molecule has 3 nitrogen and oxygen atoms in total. The Morgan fingerprint density at radius 1 is 1.10 bits per heavy atom. The van der Waals surface area contributed by atoms with E-state index in [4.69, 9.17) is 16.3 Å². The predicted octanol–water partition coefficient (Wildman–Crippen LogP) is 4.05. The summed E-state index contributed by atoms with van der Waals surface area (Å²) in [6.07, 6.45) is 1.42. The van der Waals surface area contributed by atoms with Gasteiger partial charge in [-0.05, 0) is 42.0 Å². The van der Waals surface area contributed by atoms with Gasteiger partial charge in [0.1, 0.15) is 11.0 Å². The highest BCUT2D eigenvalue weighted by Crippen LogP contribution is 2.31. The molecule has 0 aromatic heterocycles. The molecule has 0 amide bonds. The molecule has 2 aromatic rings. The van der Waals surface area contributed by atoms with E-state index in [1.165, 1.54) is 18.2 Å². The second kappa shape index (κ2) is 6.33. The summed E-state index contributed by atoms with van der Waals surface area (Å²) in [7, 11) is -2.00. The van der Waals surface area contributed by atoms with Crippen molar-refractivity contribution in [1.29, 1.82) is 0 Å². The molecule has 21 heavy (non-hydrogen) atoms. The first-order valence-electron chi connectivity index (χ1n) is 6.25. The molecule has 0 radical (unpaired) electrons. The third-order valence-electron chi connectivity index (χ3n) is 3.13. The molecular weight excluding hydrogens is 308 g/mol. The van der Waals surface area contributed by atoms with E-state index in [9.17, 15) is 8.42 Å². The highest BCUT2D eigenvalue weighted by atomic mass is 35.5. The highest BCUT2D eigenvalue weighted by Gasteiger charge is 2.26. The average Bonchev–Trinajstić information content (AvgIpc) is 2.49. The van der Waals surface area contributed by atoms with Gasteiger partial charge in [0.15, 0.2) is 9.84 Å². The quantitative estimate of drug-likeness (QED) is 0.780. The molecule has 5 heteroatoms. The zero-order chi connectivity index (χ0) is 15.5. The molecular formula is C16H15ClO3S. The van der Waals surface area contributed by atoms with Crippen molar-refractivity contribution in [2.24, 2.45) is 0 Å². The molecule has 0 aliphatic heterocycles. The van der Waals surface area contributed by atoms with Crippen LogP contribution in [0.1, 0.15) is 10.8 Å². The minimum Gasteiger partial charge on any atom is -0.497 e. The maximum Gasteiger partial charge on any atom is 0.188 e. The Morgan fingerprint density at radius 3 is 2.14 bits per heavy atom. The van der Waals surface area contributed by atoms with E-state index < -0.39 is 15.1 Å². The number of sulfone groups is 1. The standard InChI is InChI=1S/C16H15ClO3S/c1-3-16(12-4-8-14(20-2)9-5-12)21(18,19)15-10-6-13(17)7-11-15/h3-11,16H,1H2,2H3/t16-/m0/s1. The fraction of sp³-hybridized carbons (Fsp3) is 0.125. The Labute approximate surface area is 129 Å². The number of methoxy groups -OCH3 is 1. The lowest BCUT2D eigenvalue weighted by molar-refractivity contribution is 0.414. The molecule has 0 N–H and O–H groups in total. The van der Waals surface area contributed by atoms with Crippen molar-refractivity contribution in [2.45, 2.75) is 10.1 Å². The molecule has 0 fully saturated rings. The number of rotatable bonds is 5. The first kappa shape index (κ1) is 15.6. The van der Waals surface area contributed by atoms with E-state index >= 15 is 0 Å². The first-order valence-corrected chi connectivity index (χ1v) is 8.17. The Kier molecular flexibility index (Phi) is 4.70. The summed E-state index contributed by atoms with van der Waals surface area (Å²) in [5, 5.41) is -0.321. The van der Waals surface area contributed by atoms with Crippen LogP contribution in [0, 0.1) is 0 Å². The normalized spacial score (nSPS) is 12.7. The number of benzene rings is 2. The van der Waals surface area contributed by atoms with E-state index in [1.54, 1.807) is 43.5 Å². The molecule has 2 rings (SSSR count). The average molecular weight is 323 g/mol. The van der Waals surface area contributed by atoms with Gasteiger partial charge in [-0.3, -0.25) is 0 Å². The summed E-state index contributed by atoms with van der Waals surface area (Å²) < 4.78 is 30.4. The topological polar surface area (TPSA) is 43.4 Å². The monoisotopic (exact) mass is 322 g/mol. The lowest BCUT2D eigenvalue weighted by Gasteiger charge is -2.15. The third-order valence-corrected chi connectivity index (χ3v) is 5.45. The van der Waals surface area contributed by atoms with Crippen molar-refractivity contribution in [3.8, 4) is 5.75 Å². The van der Waals surface area contributed by atoms with Crippen LogP contribution in [-0.4, -0.2) is 15.5 Å². The van der Waals surface area contributed by atoms with Crippen LogP contribution in [0.2, 0.25) is 5.02 Å². The molecule has 0 unspecified atom stereocenters. The lowest BCUT2D eigenvalue weighted by Crippen LogP contribution is -2.11. The van der Waals surface area contributed by atoms with Crippen molar-refractivity contribution in [3.05, 3.63) is 71.8 Å². The van der Waals surface area contributed by atoms with Crippen LogP contribution in [0.4, 0.5) is 0 Å². The van der Waals surface area contributed by atoms with E-state index in [0.717, 1.165) is 0 Å². The second-order valence-corrected chi connectivity index (χ2v) is 6.93. The fourth-order valence-electron chi connectivity index (χ4n) is 2.01. The van der Waals surface area contributed by atoms with Gasteiger partial charge in [-0.2, -0.15) is 0 Å². The molecule has 2 aromatic carbocycles. The smallest absolute Gasteiger partial charge is 0.188 e. The van der Waals surface area contributed by atoms with Gasteiger partial charge in [-0.25, -0.2) is 8.42 Å². The Bertz CT molecular complexity index is 719. The molecule has 0 saturated carbocycles. The summed E-state index contributed by atoms with van der Waals surface area (Å²) in [6.45, 7) is 3.65. The lowest BCUT2D eigenvalue weighted by atomic mass is 10.1. The number of hydrogen-bond donors (Lipinski definition) is 0. The summed E-state index contributed by atoms with van der Waals surface area (Å²) >= 11 is 5.80. The Morgan fingerprint density at radius 2 is 1.67 bits per heavy atom. The van der Waals surface area contributed by atoms with Crippen LogP contribution in [0.3, 0.4) is 0 Å². The van der Waals surface area contributed by atoms with Crippen molar-refractivity contribution in [1.82, 2.24) is 0 Å². The zero-order valence-corrected chi connectivity index (χ0v) is 13.1. The highest BCUT2D eigenvalue weighted by molar-refractivity contribution is 7.91. The molecule has 1 atom stereocenters. The van der Waals surface area contributed by atoms with Crippen molar-refractivity contribution >= 4 is 21.4 Å². The minimum atomic E-state index is -3.56. The molecule has 0 aliphatic carbocycles. The van der Waals surface area contributed by atoms with Gasteiger partial charge >= 0.3 is 0 Å². The van der Waals surface area contributed by atoms with Crippen LogP contribution >= 0.6 is 11.6 Å². The van der Waals surface area contributed by atoms with Crippen molar-refractivity contribution < 1.29 is 13.2 Å². The second-order valence-electron chi connectivity index (χ2n) is 4.43. The third kappa shape index (κ3) is 3.28. The van der Waals surface area contributed by atoms with Crippen LogP contribution < -0.4 is 4.74 Å². The summed E-state index contributed by atoms with van der Waals surface area (Å²) in [5.74, 6) is 0.672. The van der Waals surface area contributed by atoms with Crippen LogP contribution in [0.25, 0.3) is 0 Å². The van der Waals surface area contributed by atoms with Gasteiger partial charge in [0.05, 0.1) is 12.0 Å². The van der Waals surface area contributed by atoms with E-state index in [-0.39, 0.29) is 4.90 Å². The Balaban J connectivity index is 2.43. The van der Waals surface area contributed by atoms with Gasteiger partial charge in [-0.15, -0.1) is 6.58 Å². The van der Waals surface area contributed by atoms with Crippen LogP contribution in [-0.2, 0) is 9.84 Å². The maximum atomic E-state index is 12.7. The summed E-state index contributed by atoms with van der Waals surface area (Å²) in [5.41, 5.74) is 0.640. The molecule has 0 saturated heterocycles. The van der Waals surface area contributed by atoms with Gasteiger partial charge in [0.25, 0.3) is 0 Å². The first-order chi connectivity index (χ1) is 9.98. The predicted molar refractivity (Wildman–Crippen MR) is 84.6 cm³/mol. The molecule has 0 aliphatic rings. The van der Waals surface area contributed by atoms with E-state index in [1.807, 2.05) is 0 Å². The number of hydrogen-bond acceptors (Lipinski definition) is 3. The fourth-order valence-corrected chi connectivity index (χ4v) is 3.71. The Hall–Kier alpha value is -1.78. The summed E-state index contributed by atoms with van der Waals surface area (Å²) in [4.78, 5) is 0.215. The number of halogens is 1. The van der Waals surface area contributed by atoms with Gasteiger partial charge in [-0.1, -0.05) is 29.8 Å².